The fourth-order valence-corrected chi connectivity index (χ4v) is 1.24. The van der Waals surface area contributed by atoms with E-state index in [2.05, 4.69) is 30.9 Å². The van der Waals surface area contributed by atoms with Crippen LogP contribution in [0.4, 0.5) is 0 Å². The van der Waals surface area contributed by atoms with E-state index in [1.807, 2.05) is 39.2 Å². The molecule has 0 N–H and O–H groups in total. The molecule has 0 atom stereocenters. The van der Waals surface area contributed by atoms with Crippen LogP contribution in [-0.4, -0.2) is 0 Å². The summed E-state index contributed by atoms with van der Waals surface area (Å²) in [5.41, 5.74) is 2.99. The molecule has 1 heterocycles. The van der Waals surface area contributed by atoms with Crippen molar-refractivity contribution < 1.29 is 0 Å². The lowest BCUT2D eigenvalue weighted by atomic mass is 10.4. The Morgan fingerprint density at radius 1 is 1.29 bits per heavy atom. The van der Waals surface area contributed by atoms with E-state index in [9.17, 15) is 0 Å². The smallest absolute Gasteiger partial charge is 0.0179 e. The van der Waals surface area contributed by atoms with Gasteiger partial charge in [-0.15, -0.1) is 5.73 Å². The highest BCUT2D eigenvalue weighted by Crippen LogP contribution is 2.20. The van der Waals surface area contributed by atoms with Crippen LogP contribution in [0.5, 0.6) is 0 Å². The fourth-order valence-electron chi connectivity index (χ4n) is 0.640. The molecule has 1 aliphatic heterocycles. The highest BCUT2D eigenvalue weighted by atomic mass is 32.2. The normalized spacial score (nSPS) is 12.5. The van der Waals surface area contributed by atoms with E-state index in [-0.39, 0.29) is 0 Å². The third kappa shape index (κ3) is 9.44. The van der Waals surface area contributed by atoms with Gasteiger partial charge in [-0.2, -0.15) is 0 Å². The van der Waals surface area contributed by atoms with Crippen LogP contribution < -0.4 is 0 Å². The minimum absolute atomic E-state index is 1.10. The molecule has 0 fully saturated rings. The topological polar surface area (TPSA) is 0 Å². The van der Waals surface area contributed by atoms with Gasteiger partial charge in [-0.05, 0) is 18.6 Å². The van der Waals surface area contributed by atoms with Crippen molar-refractivity contribution >= 4 is 11.8 Å². The first-order valence-corrected chi connectivity index (χ1v) is 6.26. The second-order valence-corrected chi connectivity index (χ2v) is 2.89. The molecule has 0 unspecified atom stereocenters. The van der Waals surface area contributed by atoms with Gasteiger partial charge in [0.05, 0.1) is 0 Å². The molecule has 0 spiro atoms. The van der Waals surface area contributed by atoms with Gasteiger partial charge in [0.1, 0.15) is 0 Å². The molecule has 1 aliphatic rings. The minimum Gasteiger partial charge on any atom is -0.114 e. The van der Waals surface area contributed by atoms with Crippen LogP contribution in [0.25, 0.3) is 0 Å². The zero-order chi connectivity index (χ0) is 11.2. The molecule has 0 aliphatic carbocycles. The van der Waals surface area contributed by atoms with E-state index in [1.54, 1.807) is 11.8 Å². The largest absolute Gasteiger partial charge is 0.114 e. The average molecular weight is 210 g/mol. The van der Waals surface area contributed by atoms with Gasteiger partial charge >= 0.3 is 0 Å². The minimum atomic E-state index is 1.10. The maximum Gasteiger partial charge on any atom is 0.0179 e. The summed E-state index contributed by atoms with van der Waals surface area (Å²) in [7, 11) is 0. The summed E-state index contributed by atoms with van der Waals surface area (Å²) in [4.78, 5) is 1.29. The molecule has 0 saturated carbocycles. The summed E-state index contributed by atoms with van der Waals surface area (Å²) >= 11 is 1.71. The molecular weight excluding hydrogens is 188 g/mol. The Bertz CT molecular complexity index is 215. The summed E-state index contributed by atoms with van der Waals surface area (Å²) in [5, 5.41) is 1.97. The molecule has 0 nitrogen and oxygen atoms in total. The maximum absolute atomic E-state index is 2.99. The molecule has 14 heavy (non-hydrogen) atoms. The van der Waals surface area contributed by atoms with E-state index in [0.29, 0.717) is 0 Å². The summed E-state index contributed by atoms with van der Waals surface area (Å²) in [6.07, 6.45) is 9.40. The van der Waals surface area contributed by atoms with Crippen molar-refractivity contribution in [3.63, 3.8) is 0 Å². The molecule has 0 amide bonds. The highest BCUT2D eigenvalue weighted by Gasteiger charge is 1.89. The molecule has 1 heteroatoms. The fraction of sp³-hybridized carbons (Fsp3) is 0.462. The number of hydrogen-bond acceptors (Lipinski definition) is 1. The molecule has 0 aromatic carbocycles. The second kappa shape index (κ2) is 14.9. The van der Waals surface area contributed by atoms with Crippen LogP contribution in [-0.2, 0) is 0 Å². The first-order valence-electron chi connectivity index (χ1n) is 5.38. The maximum atomic E-state index is 2.99. The number of allylic oxidation sites excluding steroid dienone is 4. The van der Waals surface area contributed by atoms with Gasteiger partial charge in [-0.25, -0.2) is 0 Å². The molecule has 0 aromatic heterocycles. The summed E-state index contributed by atoms with van der Waals surface area (Å²) < 4.78 is 0. The second-order valence-electron chi connectivity index (χ2n) is 1.95. The summed E-state index contributed by atoms with van der Waals surface area (Å²) in [5.74, 6) is 0. The molecule has 0 radical (unpaired) electrons. The monoisotopic (exact) mass is 210 g/mol. The van der Waals surface area contributed by atoms with Crippen LogP contribution in [0, 0.1) is 0 Å². The van der Waals surface area contributed by atoms with E-state index in [0.717, 1.165) is 6.42 Å². The lowest BCUT2D eigenvalue weighted by Gasteiger charge is -1.95. The zero-order valence-electron chi connectivity index (χ0n) is 10.0. The Labute approximate surface area is 93.5 Å². The summed E-state index contributed by atoms with van der Waals surface area (Å²) in [6.45, 7) is 10.1. The van der Waals surface area contributed by atoms with Gasteiger partial charge in [-0.1, -0.05) is 58.5 Å². The SMILES string of the molecule is CC.CC.CC/C=C/C1=CC=C=CS1. The van der Waals surface area contributed by atoms with Crippen LogP contribution in [0.3, 0.4) is 0 Å². The van der Waals surface area contributed by atoms with Gasteiger partial charge in [0, 0.05) is 10.3 Å². The molecule has 80 valence electrons. The van der Waals surface area contributed by atoms with Gasteiger partial charge in [-0.3, -0.25) is 0 Å². The van der Waals surface area contributed by atoms with Crippen molar-refractivity contribution in [1.29, 1.82) is 0 Å². The van der Waals surface area contributed by atoms with E-state index >= 15 is 0 Å². The van der Waals surface area contributed by atoms with Gasteiger partial charge in [0.2, 0.25) is 0 Å². The third-order valence-electron chi connectivity index (χ3n) is 1.12. The number of hydrogen-bond donors (Lipinski definition) is 0. The van der Waals surface area contributed by atoms with Crippen molar-refractivity contribution in [2.45, 2.75) is 41.0 Å². The van der Waals surface area contributed by atoms with Crippen molar-refractivity contribution in [3.8, 4) is 0 Å². The average Bonchev–Trinajstić information content (AvgIpc) is 2.33. The van der Waals surface area contributed by atoms with Gasteiger partial charge < -0.3 is 0 Å². The first-order chi connectivity index (χ1) is 6.93. The van der Waals surface area contributed by atoms with Gasteiger partial charge in [0.25, 0.3) is 0 Å². The predicted octanol–water partition coefficient (Wildman–Crippen LogP) is 5.30. The van der Waals surface area contributed by atoms with Crippen molar-refractivity contribution in [3.05, 3.63) is 40.3 Å². The Hall–Kier alpha value is -0.650. The standard InChI is InChI=1S/C9H10S.2C2H6/c1-2-3-6-9-7-4-5-8-10-9;2*1-2/h3-4,6-8H,2H2,1H3;2*1-2H3/b6-3+;;. The molecule has 1 rings (SSSR count). The van der Waals surface area contributed by atoms with Crippen LogP contribution in [0.2, 0.25) is 0 Å². The Balaban J connectivity index is 0. The number of thioether (sulfide) groups is 1. The molecular formula is C13H22S. The highest BCUT2D eigenvalue weighted by molar-refractivity contribution is 8.06. The van der Waals surface area contributed by atoms with Crippen molar-refractivity contribution in [1.82, 2.24) is 0 Å². The molecule has 0 bridgehead atoms. The predicted molar refractivity (Wildman–Crippen MR) is 70.5 cm³/mol. The Morgan fingerprint density at radius 3 is 2.36 bits per heavy atom. The molecule has 0 aromatic rings. The van der Waals surface area contributed by atoms with Crippen molar-refractivity contribution in [2.24, 2.45) is 0 Å². The van der Waals surface area contributed by atoms with Gasteiger partial charge in [0.15, 0.2) is 0 Å². The summed E-state index contributed by atoms with van der Waals surface area (Å²) in [6, 6.07) is 0. The lowest BCUT2D eigenvalue weighted by molar-refractivity contribution is 1.22. The van der Waals surface area contributed by atoms with E-state index < -0.39 is 0 Å². The van der Waals surface area contributed by atoms with Crippen LogP contribution in [0.15, 0.2) is 40.3 Å². The van der Waals surface area contributed by atoms with E-state index in [4.69, 9.17) is 0 Å². The van der Waals surface area contributed by atoms with Crippen LogP contribution in [0.1, 0.15) is 41.0 Å². The first kappa shape index (κ1) is 15.8. The third-order valence-corrected chi connectivity index (χ3v) is 1.92. The Kier molecular flexibility index (Phi) is 16.8. The van der Waals surface area contributed by atoms with Crippen molar-refractivity contribution in [2.75, 3.05) is 0 Å². The zero-order valence-corrected chi connectivity index (χ0v) is 10.8. The Morgan fingerprint density at radius 2 is 1.93 bits per heavy atom. The number of rotatable bonds is 2. The van der Waals surface area contributed by atoms with Crippen LogP contribution >= 0.6 is 11.8 Å². The quantitative estimate of drug-likeness (QED) is 0.557. The van der Waals surface area contributed by atoms with E-state index in [1.165, 1.54) is 4.91 Å². The lowest BCUT2D eigenvalue weighted by Crippen LogP contribution is -1.68. The molecule has 0 saturated heterocycles.